The zero-order chi connectivity index (χ0) is 15.2. The Bertz CT molecular complexity index is 586. The Morgan fingerprint density at radius 2 is 1.90 bits per heavy atom. The van der Waals surface area contributed by atoms with Gasteiger partial charge in [0.1, 0.15) is 11.6 Å². The molecule has 112 valence electrons. The number of ether oxygens (including phenoxy) is 1. The third-order valence-corrected chi connectivity index (χ3v) is 3.74. The zero-order valence-electron chi connectivity index (χ0n) is 12.2. The van der Waals surface area contributed by atoms with E-state index in [4.69, 9.17) is 16.3 Å². The summed E-state index contributed by atoms with van der Waals surface area (Å²) >= 11 is 6.08. The van der Waals surface area contributed by atoms with Crippen molar-refractivity contribution >= 4 is 11.6 Å². The summed E-state index contributed by atoms with van der Waals surface area (Å²) in [5, 5.41) is 3.87. The van der Waals surface area contributed by atoms with Gasteiger partial charge in [0.25, 0.3) is 0 Å². The van der Waals surface area contributed by atoms with E-state index in [1.807, 2.05) is 37.4 Å². The van der Waals surface area contributed by atoms with Crippen molar-refractivity contribution < 1.29 is 9.13 Å². The van der Waals surface area contributed by atoms with E-state index in [-0.39, 0.29) is 11.7 Å². The van der Waals surface area contributed by atoms with Gasteiger partial charge in [0.2, 0.25) is 0 Å². The first-order chi connectivity index (χ1) is 10.1. The molecule has 0 aromatic heterocycles. The van der Waals surface area contributed by atoms with Crippen LogP contribution in [0.4, 0.5) is 4.39 Å². The van der Waals surface area contributed by atoms with Crippen molar-refractivity contribution in [1.82, 2.24) is 5.32 Å². The molecular formula is C17H19ClFNO. The smallest absolute Gasteiger partial charge is 0.123 e. The molecule has 0 radical (unpaired) electrons. The molecule has 0 aliphatic carbocycles. The van der Waals surface area contributed by atoms with Gasteiger partial charge in [-0.3, -0.25) is 0 Å². The summed E-state index contributed by atoms with van der Waals surface area (Å²) in [7, 11) is 3.56. The maximum Gasteiger partial charge on any atom is 0.123 e. The molecule has 0 aliphatic rings. The Balaban J connectivity index is 2.27. The van der Waals surface area contributed by atoms with E-state index in [0.717, 1.165) is 29.8 Å². The lowest BCUT2D eigenvalue weighted by atomic mass is 9.91. The van der Waals surface area contributed by atoms with Crippen LogP contribution in [0.2, 0.25) is 5.02 Å². The van der Waals surface area contributed by atoms with Crippen molar-refractivity contribution in [3.63, 3.8) is 0 Å². The molecule has 0 aliphatic heterocycles. The predicted molar refractivity (Wildman–Crippen MR) is 84.8 cm³/mol. The van der Waals surface area contributed by atoms with E-state index in [2.05, 4.69) is 5.32 Å². The van der Waals surface area contributed by atoms with Gasteiger partial charge < -0.3 is 10.1 Å². The summed E-state index contributed by atoms with van der Waals surface area (Å²) in [6.45, 7) is 0.793. The fraction of sp³-hybridized carbons (Fsp3) is 0.294. The van der Waals surface area contributed by atoms with Gasteiger partial charge in [0.15, 0.2) is 0 Å². The topological polar surface area (TPSA) is 21.3 Å². The molecule has 0 amide bonds. The Morgan fingerprint density at radius 3 is 2.52 bits per heavy atom. The first-order valence-corrected chi connectivity index (χ1v) is 7.24. The van der Waals surface area contributed by atoms with Crippen LogP contribution >= 0.6 is 11.6 Å². The van der Waals surface area contributed by atoms with Crippen LogP contribution in [0.3, 0.4) is 0 Å². The van der Waals surface area contributed by atoms with E-state index in [1.165, 1.54) is 12.1 Å². The highest BCUT2D eigenvalue weighted by atomic mass is 35.5. The number of benzene rings is 2. The number of halogens is 2. The molecule has 2 nitrogen and oxygen atoms in total. The standard InChI is InChI=1S/C17H19ClFNO/c1-20-11-14(12-3-6-16(19)7-4-12)9-13-10-15(18)5-8-17(13)21-2/h3-8,10,14,20H,9,11H2,1-2H3. The van der Waals surface area contributed by atoms with Crippen LogP contribution in [0, 0.1) is 5.82 Å². The van der Waals surface area contributed by atoms with Gasteiger partial charge in [-0.2, -0.15) is 0 Å². The van der Waals surface area contributed by atoms with Crippen LogP contribution in [0.1, 0.15) is 17.0 Å². The maximum atomic E-state index is 13.1. The Hall–Kier alpha value is -1.58. The van der Waals surface area contributed by atoms with Gasteiger partial charge in [-0.1, -0.05) is 23.7 Å². The minimum atomic E-state index is -0.220. The Kier molecular flexibility index (Phi) is 5.59. The van der Waals surface area contributed by atoms with Crippen LogP contribution in [0.15, 0.2) is 42.5 Å². The number of nitrogens with one attached hydrogen (secondary N) is 1. The molecule has 0 fully saturated rings. The number of rotatable bonds is 6. The molecule has 1 atom stereocenters. The minimum Gasteiger partial charge on any atom is -0.496 e. The van der Waals surface area contributed by atoms with E-state index in [9.17, 15) is 4.39 Å². The maximum absolute atomic E-state index is 13.1. The largest absolute Gasteiger partial charge is 0.496 e. The molecule has 0 spiro atoms. The summed E-state index contributed by atoms with van der Waals surface area (Å²) in [6, 6.07) is 12.3. The van der Waals surface area contributed by atoms with Crippen molar-refractivity contribution in [2.24, 2.45) is 0 Å². The van der Waals surface area contributed by atoms with E-state index in [0.29, 0.717) is 5.02 Å². The van der Waals surface area contributed by atoms with Gasteiger partial charge in [0, 0.05) is 17.5 Å². The number of methoxy groups -OCH3 is 1. The first-order valence-electron chi connectivity index (χ1n) is 6.86. The van der Waals surface area contributed by atoms with Gasteiger partial charge in [-0.15, -0.1) is 0 Å². The summed E-state index contributed by atoms with van der Waals surface area (Å²) in [4.78, 5) is 0. The fourth-order valence-corrected chi connectivity index (χ4v) is 2.66. The highest BCUT2D eigenvalue weighted by Gasteiger charge is 2.15. The second-order valence-electron chi connectivity index (χ2n) is 4.97. The van der Waals surface area contributed by atoms with Crippen molar-refractivity contribution in [3.8, 4) is 5.75 Å². The summed E-state index contributed by atoms with van der Waals surface area (Å²) < 4.78 is 18.5. The average molecular weight is 308 g/mol. The monoisotopic (exact) mass is 307 g/mol. The lowest BCUT2D eigenvalue weighted by Crippen LogP contribution is -2.19. The Morgan fingerprint density at radius 1 is 1.19 bits per heavy atom. The third-order valence-electron chi connectivity index (χ3n) is 3.50. The molecular weight excluding hydrogens is 289 g/mol. The van der Waals surface area contributed by atoms with Crippen LogP contribution < -0.4 is 10.1 Å². The molecule has 0 bridgehead atoms. The SMILES string of the molecule is CNCC(Cc1cc(Cl)ccc1OC)c1ccc(F)cc1. The molecule has 2 rings (SSSR count). The molecule has 2 aromatic carbocycles. The Labute approximate surface area is 129 Å². The van der Waals surface area contributed by atoms with Crippen LogP contribution in [0.25, 0.3) is 0 Å². The molecule has 1 N–H and O–H groups in total. The molecule has 0 saturated heterocycles. The quantitative estimate of drug-likeness (QED) is 0.870. The van der Waals surface area contributed by atoms with Crippen molar-refractivity contribution in [1.29, 1.82) is 0 Å². The second kappa shape index (κ2) is 7.43. The lowest BCUT2D eigenvalue weighted by Gasteiger charge is -2.19. The molecule has 0 heterocycles. The minimum absolute atomic E-state index is 0.220. The summed E-state index contributed by atoms with van der Waals surface area (Å²) in [6.07, 6.45) is 0.774. The van der Waals surface area contributed by atoms with Gasteiger partial charge >= 0.3 is 0 Å². The number of hydrogen-bond donors (Lipinski definition) is 1. The van der Waals surface area contributed by atoms with Gasteiger partial charge in [-0.25, -0.2) is 4.39 Å². The zero-order valence-corrected chi connectivity index (χ0v) is 13.0. The van der Waals surface area contributed by atoms with E-state index in [1.54, 1.807) is 7.11 Å². The third kappa shape index (κ3) is 4.19. The fourth-order valence-electron chi connectivity index (χ4n) is 2.46. The van der Waals surface area contributed by atoms with Gasteiger partial charge in [-0.05, 0) is 54.9 Å². The van der Waals surface area contributed by atoms with E-state index < -0.39 is 0 Å². The first kappa shape index (κ1) is 15.8. The normalized spacial score (nSPS) is 12.2. The molecule has 2 aromatic rings. The molecule has 0 saturated carbocycles. The van der Waals surface area contributed by atoms with Gasteiger partial charge in [0.05, 0.1) is 7.11 Å². The highest BCUT2D eigenvalue weighted by molar-refractivity contribution is 6.30. The number of likely N-dealkylation sites (N-methyl/N-ethyl adjacent to an activating group) is 1. The van der Waals surface area contributed by atoms with Crippen LogP contribution in [0.5, 0.6) is 5.75 Å². The van der Waals surface area contributed by atoms with Crippen molar-refractivity contribution in [3.05, 3.63) is 64.4 Å². The van der Waals surface area contributed by atoms with Crippen LogP contribution in [-0.4, -0.2) is 20.7 Å². The van der Waals surface area contributed by atoms with Crippen molar-refractivity contribution in [2.75, 3.05) is 20.7 Å². The second-order valence-corrected chi connectivity index (χ2v) is 5.40. The average Bonchev–Trinajstić information content (AvgIpc) is 2.48. The molecule has 21 heavy (non-hydrogen) atoms. The molecule has 1 unspecified atom stereocenters. The van der Waals surface area contributed by atoms with Crippen molar-refractivity contribution in [2.45, 2.75) is 12.3 Å². The summed E-state index contributed by atoms with van der Waals surface area (Å²) in [5.74, 6) is 0.827. The lowest BCUT2D eigenvalue weighted by molar-refractivity contribution is 0.407. The van der Waals surface area contributed by atoms with E-state index >= 15 is 0 Å². The highest BCUT2D eigenvalue weighted by Crippen LogP contribution is 2.28. The van der Waals surface area contributed by atoms with Crippen LogP contribution in [-0.2, 0) is 6.42 Å². The summed E-state index contributed by atoms with van der Waals surface area (Å²) in [5.41, 5.74) is 2.14. The number of hydrogen-bond acceptors (Lipinski definition) is 2. The molecule has 4 heteroatoms. The predicted octanol–water partition coefficient (Wildman–Crippen LogP) is 4.03.